The van der Waals surface area contributed by atoms with Crippen LogP contribution in [-0.2, 0) is 10.5 Å². The third kappa shape index (κ3) is 1.65. The highest BCUT2D eigenvalue weighted by Gasteiger charge is 2.41. The van der Waals surface area contributed by atoms with Crippen LogP contribution in [0.25, 0.3) is 0 Å². The van der Waals surface area contributed by atoms with Crippen LogP contribution in [0.4, 0.5) is 0 Å². The van der Waals surface area contributed by atoms with Crippen LogP contribution in [0.3, 0.4) is 0 Å². The zero-order chi connectivity index (χ0) is 10.2. The predicted octanol–water partition coefficient (Wildman–Crippen LogP) is 1.65. The summed E-state index contributed by atoms with van der Waals surface area (Å²) in [6.07, 6.45) is 3.61. The number of hydrogen-bond donors (Lipinski definition) is 1. The summed E-state index contributed by atoms with van der Waals surface area (Å²) in [4.78, 5) is 4.10. The molecule has 1 saturated heterocycles. The summed E-state index contributed by atoms with van der Waals surface area (Å²) < 4.78 is 5.79. The molecule has 1 aliphatic rings. The molecule has 1 aliphatic heterocycles. The Balaban J connectivity index is 2.27. The van der Waals surface area contributed by atoms with Crippen molar-refractivity contribution < 1.29 is 4.74 Å². The van der Waals surface area contributed by atoms with Crippen LogP contribution in [0.2, 0.25) is 0 Å². The Morgan fingerprint density at radius 1 is 1.43 bits per heavy atom. The van der Waals surface area contributed by atoms with Gasteiger partial charge in [0.05, 0.1) is 6.61 Å². The molecule has 0 bridgehead atoms. The highest BCUT2D eigenvalue weighted by atomic mass is 16.5. The second kappa shape index (κ2) is 3.04. The lowest BCUT2D eigenvalue weighted by Gasteiger charge is -2.26. The van der Waals surface area contributed by atoms with Gasteiger partial charge in [-0.15, -0.1) is 0 Å². The molecule has 2 heterocycles. The van der Waals surface area contributed by atoms with Crippen molar-refractivity contribution >= 4 is 0 Å². The molecule has 0 aliphatic carbocycles. The Bertz CT molecular complexity index is 323. The average Bonchev–Trinajstić information content (AvgIpc) is 2.44. The standard InChI is InChI=1S/C11H16N2O/c1-10(2)8-14-11(3,13-10)9-5-4-6-12-7-9/h4-7,13H,8H2,1-3H3. The third-order valence-electron chi connectivity index (χ3n) is 2.51. The molecule has 0 aromatic carbocycles. The molecule has 3 heteroatoms. The summed E-state index contributed by atoms with van der Waals surface area (Å²) in [5.74, 6) is 0. The fraction of sp³-hybridized carbons (Fsp3) is 0.545. The largest absolute Gasteiger partial charge is 0.355 e. The van der Waals surface area contributed by atoms with Crippen molar-refractivity contribution in [2.24, 2.45) is 0 Å². The molecule has 2 rings (SSSR count). The van der Waals surface area contributed by atoms with E-state index in [9.17, 15) is 0 Å². The Kier molecular flexibility index (Phi) is 2.09. The van der Waals surface area contributed by atoms with Crippen molar-refractivity contribution in [1.82, 2.24) is 10.3 Å². The van der Waals surface area contributed by atoms with Gasteiger partial charge in [0.1, 0.15) is 5.72 Å². The smallest absolute Gasteiger partial charge is 0.144 e. The summed E-state index contributed by atoms with van der Waals surface area (Å²) >= 11 is 0. The van der Waals surface area contributed by atoms with Gasteiger partial charge in [-0.3, -0.25) is 10.3 Å². The number of aromatic nitrogens is 1. The van der Waals surface area contributed by atoms with Crippen LogP contribution in [0.15, 0.2) is 24.5 Å². The zero-order valence-electron chi connectivity index (χ0n) is 8.87. The van der Waals surface area contributed by atoms with Gasteiger partial charge in [0.15, 0.2) is 0 Å². The van der Waals surface area contributed by atoms with Gasteiger partial charge in [-0.25, -0.2) is 0 Å². The van der Waals surface area contributed by atoms with Crippen LogP contribution in [-0.4, -0.2) is 17.1 Å². The normalized spacial score (nSPS) is 30.5. The molecule has 1 aromatic rings. The lowest BCUT2D eigenvalue weighted by molar-refractivity contribution is 0.00192. The summed E-state index contributed by atoms with van der Waals surface area (Å²) in [7, 11) is 0. The van der Waals surface area contributed by atoms with Crippen LogP contribution < -0.4 is 5.32 Å². The SMILES string of the molecule is CC1(C)COC(C)(c2cccnc2)N1. The minimum absolute atomic E-state index is 0.0323. The van der Waals surface area contributed by atoms with Gasteiger partial charge in [-0.05, 0) is 26.8 Å². The van der Waals surface area contributed by atoms with Gasteiger partial charge in [-0.1, -0.05) is 6.07 Å². The van der Waals surface area contributed by atoms with E-state index in [-0.39, 0.29) is 5.54 Å². The van der Waals surface area contributed by atoms with E-state index in [1.54, 1.807) is 6.20 Å². The number of nitrogens with zero attached hydrogens (tertiary/aromatic N) is 1. The molecule has 0 amide bonds. The first-order chi connectivity index (χ1) is 6.52. The van der Waals surface area contributed by atoms with E-state index in [1.165, 1.54) is 0 Å². The van der Waals surface area contributed by atoms with E-state index in [0.717, 1.165) is 12.2 Å². The number of hydrogen-bond acceptors (Lipinski definition) is 3. The first-order valence-corrected chi connectivity index (χ1v) is 4.86. The van der Waals surface area contributed by atoms with Gasteiger partial charge in [-0.2, -0.15) is 0 Å². The number of rotatable bonds is 1. The maximum absolute atomic E-state index is 5.79. The fourth-order valence-corrected chi connectivity index (χ4v) is 1.84. The van der Waals surface area contributed by atoms with Crippen molar-refractivity contribution in [3.05, 3.63) is 30.1 Å². The average molecular weight is 192 g/mol. The van der Waals surface area contributed by atoms with Crippen LogP contribution >= 0.6 is 0 Å². The van der Waals surface area contributed by atoms with Gasteiger partial charge in [0, 0.05) is 23.5 Å². The van der Waals surface area contributed by atoms with Crippen LogP contribution in [0, 0.1) is 0 Å². The molecule has 1 atom stereocenters. The van der Waals surface area contributed by atoms with Crippen molar-refractivity contribution in [3.8, 4) is 0 Å². The molecule has 0 spiro atoms. The molecular weight excluding hydrogens is 176 g/mol. The van der Waals surface area contributed by atoms with Crippen molar-refractivity contribution in [3.63, 3.8) is 0 Å². The minimum Gasteiger partial charge on any atom is -0.355 e. The van der Waals surface area contributed by atoms with Gasteiger partial charge >= 0.3 is 0 Å². The molecule has 0 radical (unpaired) electrons. The Morgan fingerprint density at radius 3 is 2.71 bits per heavy atom. The second-order valence-electron chi connectivity index (χ2n) is 4.57. The number of ether oxygens (including phenoxy) is 1. The minimum atomic E-state index is -0.391. The second-order valence-corrected chi connectivity index (χ2v) is 4.57. The fourth-order valence-electron chi connectivity index (χ4n) is 1.84. The Hall–Kier alpha value is -0.930. The molecule has 1 aromatic heterocycles. The van der Waals surface area contributed by atoms with Crippen LogP contribution in [0.1, 0.15) is 26.3 Å². The Labute approximate surface area is 84.5 Å². The summed E-state index contributed by atoms with van der Waals surface area (Å²) in [5, 5.41) is 3.46. The topological polar surface area (TPSA) is 34.1 Å². The maximum Gasteiger partial charge on any atom is 0.144 e. The van der Waals surface area contributed by atoms with Gasteiger partial charge < -0.3 is 4.74 Å². The lowest BCUT2D eigenvalue weighted by atomic mass is 10.0. The van der Waals surface area contributed by atoms with Crippen molar-refractivity contribution in [1.29, 1.82) is 0 Å². The van der Waals surface area contributed by atoms with E-state index in [2.05, 4.69) is 24.1 Å². The third-order valence-corrected chi connectivity index (χ3v) is 2.51. The van der Waals surface area contributed by atoms with E-state index in [4.69, 9.17) is 4.74 Å². The molecule has 1 fully saturated rings. The van der Waals surface area contributed by atoms with E-state index < -0.39 is 5.72 Å². The summed E-state index contributed by atoms with van der Waals surface area (Å²) in [6, 6.07) is 3.96. The number of pyridine rings is 1. The molecular formula is C11H16N2O. The first kappa shape index (κ1) is 9.62. The van der Waals surface area contributed by atoms with Crippen LogP contribution in [0.5, 0.6) is 0 Å². The molecule has 1 N–H and O–H groups in total. The van der Waals surface area contributed by atoms with Crippen molar-refractivity contribution in [2.45, 2.75) is 32.0 Å². The highest BCUT2D eigenvalue weighted by molar-refractivity contribution is 5.19. The molecule has 14 heavy (non-hydrogen) atoms. The quantitative estimate of drug-likeness (QED) is 0.734. The molecule has 3 nitrogen and oxygen atoms in total. The first-order valence-electron chi connectivity index (χ1n) is 4.86. The molecule has 1 unspecified atom stereocenters. The van der Waals surface area contributed by atoms with Gasteiger partial charge in [0.25, 0.3) is 0 Å². The van der Waals surface area contributed by atoms with E-state index in [1.807, 2.05) is 25.3 Å². The molecule has 76 valence electrons. The lowest BCUT2D eigenvalue weighted by Crippen LogP contribution is -2.44. The number of nitrogens with one attached hydrogen (secondary N) is 1. The predicted molar refractivity (Wildman–Crippen MR) is 54.8 cm³/mol. The molecule has 0 saturated carbocycles. The van der Waals surface area contributed by atoms with E-state index >= 15 is 0 Å². The maximum atomic E-state index is 5.79. The summed E-state index contributed by atoms with van der Waals surface area (Å²) in [6.45, 7) is 7.03. The van der Waals surface area contributed by atoms with Crippen molar-refractivity contribution in [2.75, 3.05) is 6.61 Å². The van der Waals surface area contributed by atoms with E-state index in [0.29, 0.717) is 0 Å². The summed E-state index contributed by atoms with van der Waals surface area (Å²) in [5.41, 5.74) is 0.716. The van der Waals surface area contributed by atoms with Gasteiger partial charge in [0.2, 0.25) is 0 Å². The Morgan fingerprint density at radius 2 is 2.21 bits per heavy atom. The highest BCUT2D eigenvalue weighted by Crippen LogP contribution is 2.31. The monoisotopic (exact) mass is 192 g/mol. The zero-order valence-corrected chi connectivity index (χ0v) is 8.87.